The van der Waals surface area contributed by atoms with Crippen LogP contribution < -0.4 is 16.1 Å². The van der Waals surface area contributed by atoms with Crippen molar-refractivity contribution in [3.63, 3.8) is 0 Å². The van der Waals surface area contributed by atoms with Crippen LogP contribution in [0.2, 0.25) is 0 Å². The molecule has 0 aliphatic carbocycles. The van der Waals surface area contributed by atoms with Crippen molar-refractivity contribution in [2.45, 2.75) is 6.54 Å². The molecule has 3 N–H and O–H groups in total. The first-order chi connectivity index (χ1) is 15.4. The van der Waals surface area contributed by atoms with Gasteiger partial charge in [-0.2, -0.15) is 0 Å². The van der Waals surface area contributed by atoms with Crippen molar-refractivity contribution in [1.82, 2.24) is 19.8 Å². The van der Waals surface area contributed by atoms with E-state index in [4.69, 9.17) is 0 Å². The van der Waals surface area contributed by atoms with Crippen LogP contribution in [0.4, 0.5) is 5.69 Å². The largest absolute Gasteiger partial charge is 0.360 e. The van der Waals surface area contributed by atoms with Crippen molar-refractivity contribution in [3.8, 4) is 0 Å². The van der Waals surface area contributed by atoms with Crippen LogP contribution in [0.3, 0.4) is 0 Å². The van der Waals surface area contributed by atoms with E-state index in [9.17, 15) is 14.4 Å². The molecule has 8 nitrogen and oxygen atoms in total. The Morgan fingerprint density at radius 3 is 2.72 bits per heavy atom. The maximum Gasteiger partial charge on any atom is 0.257 e. The Hall–Kier alpha value is -3.91. The summed E-state index contributed by atoms with van der Waals surface area (Å²) in [6.45, 7) is 1.57. The van der Waals surface area contributed by atoms with Crippen molar-refractivity contribution in [1.29, 1.82) is 0 Å². The Labute approximate surface area is 184 Å². The van der Waals surface area contributed by atoms with Gasteiger partial charge in [0.15, 0.2) is 0 Å². The normalized spacial score (nSPS) is 11.2. The molecule has 4 rings (SSSR count). The first-order valence-corrected chi connectivity index (χ1v) is 10.3. The molecule has 0 bridgehead atoms. The minimum absolute atomic E-state index is 0.0306. The number of aromatic amines is 1. The second-order valence-electron chi connectivity index (χ2n) is 7.89. The number of pyridine rings is 1. The molecule has 2 heterocycles. The van der Waals surface area contributed by atoms with E-state index in [0.29, 0.717) is 16.6 Å². The minimum atomic E-state index is -0.597. The molecule has 164 valence electrons. The summed E-state index contributed by atoms with van der Waals surface area (Å²) < 4.78 is 2.17. The third-order valence-electron chi connectivity index (χ3n) is 5.29. The maximum atomic E-state index is 12.5. The topological polar surface area (TPSA) is 99.2 Å². The molecule has 0 atom stereocenters. The summed E-state index contributed by atoms with van der Waals surface area (Å²) in [5.41, 5.74) is 1.98. The summed E-state index contributed by atoms with van der Waals surface area (Å²) in [7, 11) is 4.07. The number of carbonyl (C=O) groups is 2. The molecular formula is C24H25N5O3. The van der Waals surface area contributed by atoms with E-state index in [0.717, 1.165) is 24.0 Å². The van der Waals surface area contributed by atoms with Crippen LogP contribution in [0.25, 0.3) is 21.8 Å². The van der Waals surface area contributed by atoms with Gasteiger partial charge in [0, 0.05) is 53.0 Å². The first kappa shape index (κ1) is 21.3. The Balaban J connectivity index is 1.38. The number of hydrogen-bond donors (Lipinski definition) is 3. The molecule has 0 aliphatic rings. The van der Waals surface area contributed by atoms with Gasteiger partial charge >= 0.3 is 0 Å². The fourth-order valence-corrected chi connectivity index (χ4v) is 3.58. The molecular weight excluding hydrogens is 406 g/mol. The number of likely N-dealkylation sites (N-methyl/N-ethyl adjacent to an activating group) is 1. The Morgan fingerprint density at radius 1 is 1.09 bits per heavy atom. The number of amides is 2. The highest BCUT2D eigenvalue weighted by Gasteiger charge is 2.14. The van der Waals surface area contributed by atoms with E-state index in [2.05, 4.69) is 25.1 Å². The van der Waals surface area contributed by atoms with Crippen molar-refractivity contribution in [3.05, 3.63) is 76.7 Å². The predicted molar refractivity (Wildman–Crippen MR) is 126 cm³/mol. The molecule has 2 amide bonds. The van der Waals surface area contributed by atoms with Crippen LogP contribution in [-0.4, -0.2) is 53.5 Å². The van der Waals surface area contributed by atoms with Gasteiger partial charge in [-0.25, -0.2) is 0 Å². The van der Waals surface area contributed by atoms with Crippen molar-refractivity contribution < 1.29 is 9.59 Å². The fraction of sp³-hybridized carbons (Fsp3) is 0.208. The number of benzene rings is 2. The second-order valence-corrected chi connectivity index (χ2v) is 7.89. The molecule has 8 heteroatoms. The lowest BCUT2D eigenvalue weighted by Gasteiger charge is -2.11. The van der Waals surface area contributed by atoms with Gasteiger partial charge in [0.2, 0.25) is 11.3 Å². The number of para-hydroxylation sites is 1. The molecule has 0 aliphatic heterocycles. The standard InChI is InChI=1S/C24H25N5O3/c1-28(2)11-12-29-10-9-16-13-17(7-8-21(16)29)27-22(30)15-26-24(32)19-14-25-20-6-4-3-5-18(20)23(19)31/h3-10,13-14H,11-12,15H2,1-2H3,(H,25,31)(H,26,32)(H,27,30). The monoisotopic (exact) mass is 431 g/mol. The molecule has 0 saturated heterocycles. The highest BCUT2D eigenvalue weighted by Crippen LogP contribution is 2.20. The molecule has 0 fully saturated rings. The highest BCUT2D eigenvalue weighted by molar-refractivity contribution is 6.01. The molecule has 0 saturated carbocycles. The van der Waals surface area contributed by atoms with Crippen LogP contribution >= 0.6 is 0 Å². The van der Waals surface area contributed by atoms with Crippen LogP contribution in [0.1, 0.15) is 10.4 Å². The number of carbonyl (C=O) groups excluding carboxylic acids is 2. The Morgan fingerprint density at radius 2 is 1.91 bits per heavy atom. The summed E-state index contributed by atoms with van der Waals surface area (Å²) in [5, 5.41) is 6.75. The number of aromatic nitrogens is 2. The van der Waals surface area contributed by atoms with Gasteiger partial charge in [-0.3, -0.25) is 14.4 Å². The van der Waals surface area contributed by atoms with Gasteiger partial charge in [0.25, 0.3) is 5.91 Å². The Kier molecular flexibility index (Phi) is 6.04. The number of rotatable bonds is 7. The van der Waals surface area contributed by atoms with Crippen molar-refractivity contribution in [2.24, 2.45) is 0 Å². The summed E-state index contributed by atoms with van der Waals surface area (Å²) in [5.74, 6) is -0.970. The third-order valence-corrected chi connectivity index (χ3v) is 5.29. The number of nitrogens with one attached hydrogen (secondary N) is 3. The quantitative estimate of drug-likeness (QED) is 0.418. The SMILES string of the molecule is CN(C)CCn1ccc2cc(NC(=O)CNC(=O)c3c[nH]c4ccccc4c3=O)ccc21. The van der Waals surface area contributed by atoms with Gasteiger partial charge in [-0.05, 0) is 50.5 Å². The maximum absolute atomic E-state index is 12.5. The van der Waals surface area contributed by atoms with E-state index < -0.39 is 5.91 Å². The molecule has 0 spiro atoms. The third kappa shape index (κ3) is 4.55. The van der Waals surface area contributed by atoms with Crippen LogP contribution in [0.5, 0.6) is 0 Å². The predicted octanol–water partition coefficient (Wildman–Crippen LogP) is 2.41. The molecule has 2 aromatic heterocycles. The van der Waals surface area contributed by atoms with Gasteiger partial charge in [-0.1, -0.05) is 12.1 Å². The van der Waals surface area contributed by atoms with E-state index in [1.54, 1.807) is 24.3 Å². The fourth-order valence-electron chi connectivity index (χ4n) is 3.58. The smallest absolute Gasteiger partial charge is 0.257 e. The number of nitrogens with zero attached hydrogens (tertiary/aromatic N) is 2. The number of H-pyrrole nitrogens is 1. The average Bonchev–Trinajstić information content (AvgIpc) is 3.18. The van der Waals surface area contributed by atoms with Gasteiger partial charge in [0.1, 0.15) is 5.56 Å². The van der Waals surface area contributed by atoms with Gasteiger partial charge in [-0.15, -0.1) is 0 Å². The number of fused-ring (bicyclic) bond motifs is 2. The molecule has 0 radical (unpaired) electrons. The summed E-state index contributed by atoms with van der Waals surface area (Å²) >= 11 is 0. The Bertz CT molecular complexity index is 1350. The zero-order valence-electron chi connectivity index (χ0n) is 18.0. The van der Waals surface area contributed by atoms with Crippen LogP contribution in [0.15, 0.2) is 65.7 Å². The zero-order chi connectivity index (χ0) is 22.7. The molecule has 4 aromatic rings. The summed E-state index contributed by atoms with van der Waals surface area (Å²) in [4.78, 5) is 42.4. The second kappa shape index (κ2) is 9.07. The summed E-state index contributed by atoms with van der Waals surface area (Å²) in [6.07, 6.45) is 3.40. The van der Waals surface area contributed by atoms with Gasteiger partial charge < -0.3 is 25.1 Å². The van der Waals surface area contributed by atoms with E-state index in [1.165, 1.54) is 6.20 Å². The van der Waals surface area contributed by atoms with E-state index in [-0.39, 0.29) is 23.4 Å². The highest BCUT2D eigenvalue weighted by atomic mass is 16.2. The summed E-state index contributed by atoms with van der Waals surface area (Å²) in [6, 6.07) is 14.7. The first-order valence-electron chi connectivity index (χ1n) is 10.3. The lowest BCUT2D eigenvalue weighted by atomic mass is 10.1. The van der Waals surface area contributed by atoms with Crippen LogP contribution in [-0.2, 0) is 11.3 Å². The van der Waals surface area contributed by atoms with Crippen molar-refractivity contribution >= 4 is 39.3 Å². The molecule has 2 aromatic carbocycles. The van der Waals surface area contributed by atoms with Crippen LogP contribution in [0, 0.1) is 0 Å². The molecule has 32 heavy (non-hydrogen) atoms. The van der Waals surface area contributed by atoms with E-state index in [1.807, 2.05) is 44.6 Å². The lowest BCUT2D eigenvalue weighted by Crippen LogP contribution is -2.35. The number of anilines is 1. The molecule has 0 unspecified atom stereocenters. The minimum Gasteiger partial charge on any atom is -0.360 e. The van der Waals surface area contributed by atoms with Gasteiger partial charge in [0.05, 0.1) is 6.54 Å². The van der Waals surface area contributed by atoms with Crippen molar-refractivity contribution in [2.75, 3.05) is 32.5 Å². The zero-order valence-corrected chi connectivity index (χ0v) is 18.0. The lowest BCUT2D eigenvalue weighted by molar-refractivity contribution is -0.115. The average molecular weight is 431 g/mol. The number of hydrogen-bond acceptors (Lipinski definition) is 4. The van der Waals surface area contributed by atoms with E-state index >= 15 is 0 Å².